The summed E-state index contributed by atoms with van der Waals surface area (Å²) in [4.78, 5) is 0. The number of benzene rings is 3. The Labute approximate surface area is 271 Å². The highest BCUT2D eigenvalue weighted by Gasteiger charge is 2.37. The molecule has 0 aliphatic carbocycles. The summed E-state index contributed by atoms with van der Waals surface area (Å²) in [6, 6.07) is 34.0. The van der Waals surface area contributed by atoms with Crippen molar-refractivity contribution in [2.45, 2.75) is 128 Å². The molecule has 0 fully saturated rings. The predicted octanol–water partition coefficient (Wildman–Crippen LogP) is 9.87. The molecule has 3 aromatic rings. The molecule has 0 saturated carbocycles. The van der Waals surface area contributed by atoms with Gasteiger partial charge in [0.2, 0.25) is 0 Å². The van der Waals surface area contributed by atoms with Gasteiger partial charge in [-0.3, -0.25) is 0 Å². The zero-order valence-electron chi connectivity index (χ0n) is 26.1. The fourth-order valence-corrected chi connectivity index (χ4v) is 11.0. The first kappa shape index (κ1) is 36.0. The van der Waals surface area contributed by atoms with E-state index in [1.165, 1.54) is 144 Å². The van der Waals surface area contributed by atoms with E-state index in [0.29, 0.717) is 0 Å². The first-order valence-electron chi connectivity index (χ1n) is 16.8. The van der Waals surface area contributed by atoms with Crippen LogP contribution in [-0.2, 0) is 18.5 Å². The van der Waals surface area contributed by atoms with E-state index in [1.807, 2.05) is 0 Å². The zero-order valence-corrected chi connectivity index (χ0v) is 29.2. The molecule has 0 heterocycles. The molecule has 0 aliphatic heterocycles. The minimum atomic E-state index is -1.25. The van der Waals surface area contributed by atoms with Crippen LogP contribution in [0.15, 0.2) is 91.0 Å². The predicted molar refractivity (Wildman–Crippen MR) is 182 cm³/mol. The van der Waals surface area contributed by atoms with Gasteiger partial charge in [-0.25, -0.2) is 0 Å². The van der Waals surface area contributed by atoms with Crippen molar-refractivity contribution in [2.24, 2.45) is 0 Å². The largest absolute Gasteiger partial charge is 1.00 e. The molecule has 0 spiro atoms. The number of rotatable bonds is 23. The van der Waals surface area contributed by atoms with Crippen LogP contribution in [0.1, 0.15) is 126 Å². The molecule has 0 aromatic heterocycles. The summed E-state index contributed by atoms with van der Waals surface area (Å²) >= 11 is 0. The van der Waals surface area contributed by atoms with Crippen molar-refractivity contribution in [3.8, 4) is 0 Å². The molecule has 0 aliphatic rings. The second-order valence-electron chi connectivity index (χ2n) is 12.3. The molecule has 0 N–H and O–H groups in total. The van der Waals surface area contributed by atoms with Crippen LogP contribution in [0.4, 0.5) is 0 Å². The van der Waals surface area contributed by atoms with Gasteiger partial charge in [-0.05, 0) is 29.5 Å². The van der Waals surface area contributed by atoms with E-state index >= 15 is 0 Å². The van der Waals surface area contributed by atoms with Crippen molar-refractivity contribution in [3.63, 3.8) is 0 Å². The van der Waals surface area contributed by atoms with Crippen molar-refractivity contribution in [3.05, 3.63) is 108 Å². The molecule has 3 aromatic carbocycles. The van der Waals surface area contributed by atoms with Gasteiger partial charge in [0.25, 0.3) is 0 Å². The molecule has 0 saturated heterocycles. The van der Waals surface area contributed by atoms with Crippen LogP contribution in [0.25, 0.3) is 0 Å². The maximum Gasteiger partial charge on any atom is 0.0849 e. The summed E-state index contributed by atoms with van der Waals surface area (Å²) in [7, 11) is -1.25. The fraction of sp³-hybridized carbons (Fsp3) is 0.538. The first-order chi connectivity index (χ1) is 19.8. The summed E-state index contributed by atoms with van der Waals surface area (Å²) in [5.41, 5.74) is 4.58. The van der Waals surface area contributed by atoms with Gasteiger partial charge in [0.05, 0.1) is 24.6 Å². The Morgan fingerprint density at radius 2 is 0.634 bits per heavy atom. The Balaban J connectivity index is 0.00000588. The molecule has 0 amide bonds. The van der Waals surface area contributed by atoms with Crippen LogP contribution < -0.4 is 24.0 Å². The number of unbranched alkanes of at least 4 members (excludes halogenated alkanes) is 15. The van der Waals surface area contributed by atoms with Crippen molar-refractivity contribution in [1.29, 1.82) is 0 Å². The Bertz CT molecular complexity index is 871. The summed E-state index contributed by atoms with van der Waals surface area (Å²) in [5.74, 6) is 0. The minimum absolute atomic E-state index is 0. The van der Waals surface area contributed by atoms with Crippen LogP contribution >= 0.6 is 7.26 Å². The van der Waals surface area contributed by atoms with Crippen LogP contribution in [0, 0.1) is 0 Å². The third-order valence-corrected chi connectivity index (χ3v) is 12.9. The molecule has 41 heavy (non-hydrogen) atoms. The number of halogens is 1. The average molecular weight is 685 g/mol. The Kier molecular flexibility index (Phi) is 20.5. The molecule has 0 atom stereocenters. The van der Waals surface area contributed by atoms with Gasteiger partial charge in [0, 0.05) is 7.26 Å². The zero-order chi connectivity index (χ0) is 28.0. The van der Waals surface area contributed by atoms with Crippen LogP contribution in [0.5, 0.6) is 0 Å². The van der Waals surface area contributed by atoms with Gasteiger partial charge < -0.3 is 24.0 Å². The average Bonchev–Trinajstić information content (AvgIpc) is 2.98. The summed E-state index contributed by atoms with van der Waals surface area (Å²) in [6.45, 7) is 2.30. The topological polar surface area (TPSA) is 0 Å². The highest BCUT2D eigenvalue weighted by molar-refractivity contribution is 7.73. The van der Waals surface area contributed by atoms with E-state index in [2.05, 4.69) is 97.9 Å². The standard InChI is InChI=1S/C39H58P.HI/c1-2-3-4-5-6-7-8-9-10-11-12-13-14-15-16-26-33-40(34-37-27-20-17-21-28-37,35-38-29-22-18-23-30-38)36-39-31-24-19-25-32-39;/h17-25,27-32H,2-16,26,33-36H2,1H3;1H/q+1;/p-1. The van der Waals surface area contributed by atoms with Crippen molar-refractivity contribution in [1.82, 2.24) is 0 Å². The third-order valence-electron chi connectivity index (χ3n) is 8.57. The summed E-state index contributed by atoms with van der Waals surface area (Å²) in [6.07, 6.45) is 28.2. The lowest BCUT2D eigenvalue weighted by atomic mass is 10.0. The third kappa shape index (κ3) is 16.3. The quantitative estimate of drug-likeness (QED) is 0.0530. The van der Waals surface area contributed by atoms with Gasteiger partial charge in [-0.2, -0.15) is 0 Å². The molecule has 0 nitrogen and oxygen atoms in total. The smallest absolute Gasteiger partial charge is 0.0849 e. The van der Waals surface area contributed by atoms with Crippen molar-refractivity contribution >= 4 is 7.26 Å². The lowest BCUT2D eigenvalue weighted by molar-refractivity contribution is -0.00000859. The highest BCUT2D eigenvalue weighted by atomic mass is 127. The Morgan fingerprint density at radius 3 is 0.927 bits per heavy atom. The van der Waals surface area contributed by atoms with Gasteiger partial charge in [0.15, 0.2) is 0 Å². The molecule has 2 heteroatoms. The second kappa shape index (κ2) is 23.3. The monoisotopic (exact) mass is 684 g/mol. The number of hydrogen-bond donors (Lipinski definition) is 0. The summed E-state index contributed by atoms with van der Waals surface area (Å²) in [5, 5.41) is 0. The van der Waals surface area contributed by atoms with E-state index in [9.17, 15) is 0 Å². The normalized spacial score (nSPS) is 11.3. The van der Waals surface area contributed by atoms with Crippen LogP contribution in [-0.4, -0.2) is 6.16 Å². The Morgan fingerprint density at radius 1 is 0.366 bits per heavy atom. The van der Waals surface area contributed by atoms with E-state index < -0.39 is 7.26 Å². The molecule has 3 rings (SSSR count). The summed E-state index contributed by atoms with van der Waals surface area (Å²) < 4.78 is 0. The van der Waals surface area contributed by atoms with Crippen molar-refractivity contribution < 1.29 is 24.0 Å². The number of hydrogen-bond acceptors (Lipinski definition) is 0. The fourth-order valence-electron chi connectivity index (χ4n) is 6.31. The van der Waals surface area contributed by atoms with Crippen LogP contribution in [0.3, 0.4) is 0 Å². The van der Waals surface area contributed by atoms with Gasteiger partial charge in [0.1, 0.15) is 0 Å². The van der Waals surface area contributed by atoms with Crippen molar-refractivity contribution in [2.75, 3.05) is 6.16 Å². The molecular formula is C39H58IP. The maximum absolute atomic E-state index is 2.36. The minimum Gasteiger partial charge on any atom is -1.00 e. The van der Waals surface area contributed by atoms with E-state index in [0.717, 1.165) is 0 Å². The molecule has 226 valence electrons. The lowest BCUT2D eigenvalue weighted by Crippen LogP contribution is -3.00. The Hall–Kier alpha value is -1.18. The van der Waals surface area contributed by atoms with Crippen LogP contribution in [0.2, 0.25) is 0 Å². The second-order valence-corrected chi connectivity index (χ2v) is 16.4. The molecule has 0 unspecified atom stereocenters. The van der Waals surface area contributed by atoms with Gasteiger partial charge in [-0.15, -0.1) is 0 Å². The lowest BCUT2D eigenvalue weighted by Gasteiger charge is -2.29. The highest BCUT2D eigenvalue weighted by Crippen LogP contribution is 2.67. The van der Waals surface area contributed by atoms with Gasteiger partial charge in [-0.1, -0.05) is 188 Å². The first-order valence-corrected chi connectivity index (χ1v) is 19.3. The molecular weight excluding hydrogens is 626 g/mol. The van der Waals surface area contributed by atoms with E-state index in [4.69, 9.17) is 0 Å². The van der Waals surface area contributed by atoms with E-state index in [1.54, 1.807) is 0 Å². The van der Waals surface area contributed by atoms with E-state index in [-0.39, 0.29) is 24.0 Å². The van der Waals surface area contributed by atoms with Gasteiger partial charge >= 0.3 is 0 Å². The SMILES string of the molecule is CCCCCCCCCCCCCCCCCC[P+](Cc1ccccc1)(Cc1ccccc1)Cc1ccccc1.[I-]. The molecule has 0 bridgehead atoms. The molecule has 0 radical (unpaired) electrons. The maximum atomic E-state index is 2.36.